The van der Waals surface area contributed by atoms with Gasteiger partial charge in [-0.25, -0.2) is 0 Å². The van der Waals surface area contributed by atoms with Crippen molar-refractivity contribution in [3.05, 3.63) is 63.3 Å². The van der Waals surface area contributed by atoms with Crippen LogP contribution in [0.2, 0.25) is 5.02 Å². The fourth-order valence-electron chi connectivity index (χ4n) is 3.75. The first kappa shape index (κ1) is 20.5. The Bertz CT molecular complexity index is 1110. The zero-order valence-corrected chi connectivity index (χ0v) is 17.7. The third kappa shape index (κ3) is 4.36. The molecule has 2 aromatic carbocycles. The van der Waals surface area contributed by atoms with Gasteiger partial charge in [0.05, 0.1) is 5.39 Å². The molecule has 1 saturated heterocycles. The molecule has 2 heterocycles. The number of benzene rings is 2. The maximum Gasteiger partial charge on any atom is 0.260 e. The van der Waals surface area contributed by atoms with Gasteiger partial charge in [-0.3, -0.25) is 9.59 Å². The molecule has 1 aliphatic heterocycles. The highest BCUT2D eigenvalue weighted by Crippen LogP contribution is 2.32. The molecule has 0 atom stereocenters. The number of ether oxygens (including phenoxy) is 1. The Hall–Kier alpha value is -2.79. The zero-order chi connectivity index (χ0) is 21.1. The van der Waals surface area contributed by atoms with E-state index in [1.54, 1.807) is 30.3 Å². The summed E-state index contributed by atoms with van der Waals surface area (Å²) in [4.78, 5) is 27.7. The third-order valence-corrected chi connectivity index (χ3v) is 5.66. The van der Waals surface area contributed by atoms with Crippen molar-refractivity contribution in [2.24, 2.45) is 0 Å². The normalized spacial score (nSPS) is 14.5. The van der Waals surface area contributed by atoms with Crippen LogP contribution in [-0.4, -0.2) is 30.5 Å². The molecule has 1 amide bonds. The number of fused-ring (bicyclic) bond motifs is 1. The summed E-state index contributed by atoms with van der Waals surface area (Å²) in [6.07, 6.45) is 4.27. The molecule has 30 heavy (non-hydrogen) atoms. The molecular weight excluding hydrogens is 402 g/mol. The predicted molar refractivity (Wildman–Crippen MR) is 118 cm³/mol. The van der Waals surface area contributed by atoms with E-state index in [2.05, 4.69) is 0 Å². The maximum atomic E-state index is 13.2. The number of nitrogens with zero attached hydrogens (tertiary/aromatic N) is 1. The number of aryl methyl sites for hydroxylation is 1. The van der Waals surface area contributed by atoms with Gasteiger partial charge in [-0.15, -0.1) is 0 Å². The molecule has 0 N–H and O–H groups in total. The van der Waals surface area contributed by atoms with Gasteiger partial charge < -0.3 is 14.1 Å². The molecule has 0 spiro atoms. The predicted octanol–water partition coefficient (Wildman–Crippen LogP) is 5.20. The van der Waals surface area contributed by atoms with E-state index < -0.39 is 0 Å². The van der Waals surface area contributed by atoms with Gasteiger partial charge in [-0.05, 0) is 61.7 Å². The Morgan fingerprint density at radius 3 is 2.47 bits per heavy atom. The minimum Gasteiger partial charge on any atom is -0.476 e. The van der Waals surface area contributed by atoms with E-state index >= 15 is 0 Å². The number of halogens is 1. The summed E-state index contributed by atoms with van der Waals surface area (Å²) in [5.74, 6) is 0.248. The quantitative estimate of drug-likeness (QED) is 0.576. The van der Waals surface area contributed by atoms with Crippen molar-refractivity contribution in [1.29, 1.82) is 0 Å². The average molecular weight is 426 g/mol. The van der Waals surface area contributed by atoms with E-state index in [-0.39, 0.29) is 23.7 Å². The first-order valence-electron chi connectivity index (χ1n) is 10.3. The fourth-order valence-corrected chi connectivity index (χ4v) is 3.88. The van der Waals surface area contributed by atoms with Crippen LogP contribution in [0.3, 0.4) is 0 Å². The Labute approximate surface area is 180 Å². The van der Waals surface area contributed by atoms with Crippen LogP contribution in [0.25, 0.3) is 22.3 Å². The van der Waals surface area contributed by atoms with Crippen LogP contribution in [0.1, 0.15) is 31.2 Å². The van der Waals surface area contributed by atoms with Crippen LogP contribution in [-0.2, 0) is 4.79 Å². The number of amides is 1. The molecule has 1 fully saturated rings. The van der Waals surface area contributed by atoms with E-state index in [4.69, 9.17) is 20.8 Å². The molecule has 156 valence electrons. The van der Waals surface area contributed by atoms with Gasteiger partial charge in [0, 0.05) is 23.7 Å². The second-order valence-electron chi connectivity index (χ2n) is 7.68. The highest BCUT2D eigenvalue weighted by Gasteiger charge is 2.21. The summed E-state index contributed by atoms with van der Waals surface area (Å²) in [6, 6.07) is 12.4. The van der Waals surface area contributed by atoms with Gasteiger partial charge in [0.1, 0.15) is 5.58 Å². The smallest absolute Gasteiger partial charge is 0.260 e. The number of rotatable bonds is 4. The Kier molecular flexibility index (Phi) is 6.09. The highest BCUT2D eigenvalue weighted by atomic mass is 35.5. The maximum absolute atomic E-state index is 13.2. The first-order valence-corrected chi connectivity index (χ1v) is 10.6. The van der Waals surface area contributed by atoms with Gasteiger partial charge in [-0.1, -0.05) is 30.5 Å². The molecule has 5 nitrogen and oxygen atoms in total. The SMILES string of the molecule is Cc1ccc2c(=O)c(OCC(=O)N3CCCCCC3)c(-c3ccc(Cl)cc3)oc2c1. The average Bonchev–Trinajstić information content (AvgIpc) is 3.03. The summed E-state index contributed by atoms with van der Waals surface area (Å²) >= 11 is 6.01. The van der Waals surface area contributed by atoms with Crippen molar-refractivity contribution < 1.29 is 13.9 Å². The second kappa shape index (κ2) is 8.92. The van der Waals surface area contributed by atoms with E-state index in [1.165, 1.54) is 0 Å². The lowest BCUT2D eigenvalue weighted by molar-refractivity contribution is -0.133. The van der Waals surface area contributed by atoms with Crippen molar-refractivity contribution >= 4 is 28.5 Å². The summed E-state index contributed by atoms with van der Waals surface area (Å²) in [7, 11) is 0. The van der Waals surface area contributed by atoms with Crippen LogP contribution in [0.5, 0.6) is 5.75 Å². The molecule has 1 aliphatic rings. The number of likely N-dealkylation sites (tertiary alicyclic amines) is 1. The van der Waals surface area contributed by atoms with E-state index in [9.17, 15) is 9.59 Å². The largest absolute Gasteiger partial charge is 0.476 e. The first-order chi connectivity index (χ1) is 14.5. The molecule has 6 heteroatoms. The van der Waals surface area contributed by atoms with Crippen molar-refractivity contribution in [1.82, 2.24) is 4.90 Å². The van der Waals surface area contributed by atoms with Gasteiger partial charge in [0.2, 0.25) is 11.2 Å². The van der Waals surface area contributed by atoms with Crippen molar-refractivity contribution in [2.75, 3.05) is 19.7 Å². The van der Waals surface area contributed by atoms with Crippen molar-refractivity contribution in [2.45, 2.75) is 32.6 Å². The van der Waals surface area contributed by atoms with Crippen LogP contribution in [0, 0.1) is 6.92 Å². The summed E-state index contributed by atoms with van der Waals surface area (Å²) in [5.41, 5.74) is 1.84. The molecular formula is C24H24ClNO4. The monoisotopic (exact) mass is 425 g/mol. The molecule has 0 saturated carbocycles. The van der Waals surface area contributed by atoms with Gasteiger partial charge in [-0.2, -0.15) is 0 Å². The van der Waals surface area contributed by atoms with Gasteiger partial charge >= 0.3 is 0 Å². The summed E-state index contributed by atoms with van der Waals surface area (Å²) < 4.78 is 11.9. The Morgan fingerprint density at radius 2 is 1.77 bits per heavy atom. The second-order valence-corrected chi connectivity index (χ2v) is 8.12. The van der Waals surface area contributed by atoms with Crippen molar-refractivity contribution in [3.8, 4) is 17.1 Å². The number of hydrogen-bond donors (Lipinski definition) is 0. The highest BCUT2D eigenvalue weighted by molar-refractivity contribution is 6.30. The number of hydrogen-bond acceptors (Lipinski definition) is 4. The lowest BCUT2D eigenvalue weighted by Gasteiger charge is -2.20. The van der Waals surface area contributed by atoms with E-state index in [1.807, 2.05) is 24.0 Å². The van der Waals surface area contributed by atoms with Gasteiger partial charge in [0.15, 0.2) is 12.4 Å². The van der Waals surface area contributed by atoms with E-state index in [0.29, 0.717) is 27.3 Å². The van der Waals surface area contributed by atoms with Gasteiger partial charge in [0.25, 0.3) is 5.91 Å². The third-order valence-electron chi connectivity index (χ3n) is 5.41. The topological polar surface area (TPSA) is 59.8 Å². The fraction of sp³-hybridized carbons (Fsp3) is 0.333. The van der Waals surface area contributed by atoms with E-state index in [0.717, 1.165) is 44.3 Å². The summed E-state index contributed by atoms with van der Waals surface area (Å²) in [5, 5.41) is 1.01. The van der Waals surface area contributed by atoms with Crippen LogP contribution in [0.4, 0.5) is 0 Å². The lowest BCUT2D eigenvalue weighted by atomic mass is 10.1. The Balaban J connectivity index is 1.71. The Morgan fingerprint density at radius 1 is 1.07 bits per heavy atom. The molecule has 0 radical (unpaired) electrons. The minimum absolute atomic E-state index is 0.0526. The number of carbonyl (C=O) groups is 1. The molecule has 1 aromatic heterocycles. The van der Waals surface area contributed by atoms with Crippen LogP contribution in [0.15, 0.2) is 51.7 Å². The standard InChI is InChI=1S/C24H24ClNO4/c1-16-6-11-19-20(14-16)30-23(17-7-9-18(25)10-8-17)24(22(19)28)29-15-21(27)26-12-4-2-3-5-13-26/h6-11,14H,2-5,12-13,15H2,1H3. The van der Waals surface area contributed by atoms with Crippen molar-refractivity contribution in [3.63, 3.8) is 0 Å². The minimum atomic E-state index is -0.287. The molecule has 4 rings (SSSR count). The zero-order valence-electron chi connectivity index (χ0n) is 16.9. The van der Waals surface area contributed by atoms with Crippen LogP contribution < -0.4 is 10.2 Å². The number of carbonyl (C=O) groups excluding carboxylic acids is 1. The van der Waals surface area contributed by atoms with Crippen LogP contribution >= 0.6 is 11.6 Å². The lowest BCUT2D eigenvalue weighted by Crippen LogP contribution is -2.36. The molecule has 3 aromatic rings. The summed E-state index contributed by atoms with van der Waals surface area (Å²) in [6.45, 7) is 3.21. The molecule has 0 unspecified atom stereocenters. The molecule has 0 aliphatic carbocycles. The molecule has 0 bridgehead atoms.